The molecule has 2 aromatic heterocycles. The number of aromatic nitrogens is 3. The second-order valence-corrected chi connectivity index (χ2v) is 8.63. The van der Waals surface area contributed by atoms with Gasteiger partial charge in [-0.15, -0.1) is 0 Å². The topological polar surface area (TPSA) is 120 Å². The summed E-state index contributed by atoms with van der Waals surface area (Å²) in [6.07, 6.45) is 5.39. The number of hydrogen-bond donors (Lipinski definition) is 1. The van der Waals surface area contributed by atoms with Crippen LogP contribution in [0.3, 0.4) is 0 Å². The first-order valence-corrected chi connectivity index (χ1v) is 10.0. The summed E-state index contributed by atoms with van der Waals surface area (Å²) in [6, 6.07) is 4.01. The first-order valence-electron chi connectivity index (χ1n) is 8.42. The molecule has 0 unspecified atom stereocenters. The predicted octanol–water partition coefficient (Wildman–Crippen LogP) is 1.28. The lowest BCUT2D eigenvalue weighted by Gasteiger charge is -2.47. The molecule has 2 aromatic rings. The Morgan fingerprint density at radius 3 is 2.85 bits per heavy atom. The maximum Gasteiger partial charge on any atom is 0.213 e. The van der Waals surface area contributed by atoms with Gasteiger partial charge in [0.1, 0.15) is 11.4 Å². The average molecular weight is 387 g/mol. The third kappa shape index (κ3) is 3.20. The van der Waals surface area contributed by atoms with E-state index in [9.17, 15) is 13.7 Å². The highest BCUT2D eigenvalue weighted by Crippen LogP contribution is 2.34. The molecule has 142 valence electrons. The summed E-state index contributed by atoms with van der Waals surface area (Å²) in [6.45, 7) is 5.63. The molecule has 0 bridgehead atoms. The SMILES string of the molecule is C=Nc1[nH]ccc1/C(=N\C)c1cnn(C2(CC#N)CN(S(=O)(=O)CC)C2)c1. The number of nitrogens with one attached hydrogen (secondary N) is 1. The van der Waals surface area contributed by atoms with E-state index in [1.165, 1.54) is 4.31 Å². The van der Waals surface area contributed by atoms with Crippen molar-refractivity contribution in [3.05, 3.63) is 35.8 Å². The first kappa shape index (κ1) is 19.0. The zero-order valence-electron chi connectivity index (χ0n) is 15.3. The van der Waals surface area contributed by atoms with E-state index in [0.29, 0.717) is 11.5 Å². The normalized spacial score (nSPS) is 17.3. The van der Waals surface area contributed by atoms with Crippen LogP contribution >= 0.6 is 0 Å². The van der Waals surface area contributed by atoms with Crippen molar-refractivity contribution in [2.75, 3.05) is 25.9 Å². The molecule has 1 saturated heterocycles. The van der Waals surface area contributed by atoms with E-state index in [0.717, 1.165) is 11.1 Å². The predicted molar refractivity (Wildman–Crippen MR) is 103 cm³/mol. The summed E-state index contributed by atoms with van der Waals surface area (Å²) in [5.74, 6) is 0.649. The van der Waals surface area contributed by atoms with Gasteiger partial charge in [0.15, 0.2) is 0 Å². The standard InChI is InChI=1S/C17H21N7O2S/c1-4-27(25,26)23-11-17(12-23,6-7-18)24-10-13(9-22-24)15(19-2)14-5-8-21-16(14)20-3/h5,8-10,21H,3-4,6,11-12H2,1-2H3/b19-15-. The molecule has 0 aromatic carbocycles. The molecule has 0 aliphatic carbocycles. The van der Waals surface area contributed by atoms with Gasteiger partial charge in [-0.2, -0.15) is 14.7 Å². The van der Waals surface area contributed by atoms with Crippen molar-refractivity contribution in [2.45, 2.75) is 18.9 Å². The minimum atomic E-state index is -3.28. The van der Waals surface area contributed by atoms with E-state index in [1.807, 2.05) is 6.07 Å². The Kier molecular flexibility index (Phi) is 4.99. The smallest absolute Gasteiger partial charge is 0.213 e. The van der Waals surface area contributed by atoms with Crippen LogP contribution < -0.4 is 0 Å². The molecular formula is C17H21N7O2S. The van der Waals surface area contributed by atoms with Crippen LogP contribution in [0.5, 0.6) is 0 Å². The second-order valence-electron chi connectivity index (χ2n) is 6.37. The number of aromatic amines is 1. The minimum Gasteiger partial charge on any atom is -0.346 e. The molecule has 9 nitrogen and oxygen atoms in total. The fourth-order valence-corrected chi connectivity index (χ4v) is 4.51. The number of nitrogens with zero attached hydrogens (tertiary/aromatic N) is 6. The molecule has 0 amide bonds. The molecule has 0 saturated carbocycles. The van der Waals surface area contributed by atoms with Crippen LogP contribution in [-0.4, -0.2) is 65.8 Å². The first-order chi connectivity index (χ1) is 12.9. The van der Waals surface area contributed by atoms with E-state index in [4.69, 9.17) is 0 Å². The molecule has 0 atom stereocenters. The molecule has 1 fully saturated rings. The fraction of sp³-hybridized carbons (Fsp3) is 0.412. The number of hydrogen-bond acceptors (Lipinski definition) is 6. The number of H-pyrrole nitrogens is 1. The van der Waals surface area contributed by atoms with E-state index in [-0.39, 0.29) is 25.3 Å². The van der Waals surface area contributed by atoms with Gasteiger partial charge in [-0.05, 0) is 19.7 Å². The van der Waals surface area contributed by atoms with Crippen molar-refractivity contribution in [1.82, 2.24) is 19.1 Å². The van der Waals surface area contributed by atoms with E-state index < -0.39 is 15.6 Å². The van der Waals surface area contributed by atoms with E-state index >= 15 is 0 Å². The lowest BCUT2D eigenvalue weighted by Crippen LogP contribution is -2.64. The Morgan fingerprint density at radius 1 is 1.52 bits per heavy atom. The minimum absolute atomic E-state index is 0.0391. The Bertz CT molecular complexity index is 1020. The Morgan fingerprint density at radius 2 is 2.26 bits per heavy atom. The highest BCUT2D eigenvalue weighted by molar-refractivity contribution is 7.89. The molecule has 10 heteroatoms. The maximum atomic E-state index is 12.1. The largest absolute Gasteiger partial charge is 0.346 e. The quantitative estimate of drug-likeness (QED) is 0.720. The van der Waals surface area contributed by atoms with Crippen molar-refractivity contribution < 1.29 is 8.42 Å². The third-order valence-electron chi connectivity index (χ3n) is 4.81. The summed E-state index contributed by atoms with van der Waals surface area (Å²) < 4.78 is 27.2. The monoisotopic (exact) mass is 387 g/mol. The summed E-state index contributed by atoms with van der Waals surface area (Å²) in [4.78, 5) is 11.3. The maximum absolute atomic E-state index is 12.1. The van der Waals surface area contributed by atoms with Crippen LogP contribution in [0.2, 0.25) is 0 Å². The van der Waals surface area contributed by atoms with Crippen LogP contribution in [0.4, 0.5) is 5.82 Å². The van der Waals surface area contributed by atoms with Crippen molar-refractivity contribution >= 4 is 28.3 Å². The average Bonchev–Trinajstić information content (AvgIpc) is 3.28. The molecule has 3 rings (SSSR count). The lowest BCUT2D eigenvalue weighted by molar-refractivity contribution is 0.0718. The highest BCUT2D eigenvalue weighted by atomic mass is 32.2. The van der Waals surface area contributed by atoms with Crippen molar-refractivity contribution in [2.24, 2.45) is 9.98 Å². The Hall–Kier alpha value is -2.77. The zero-order valence-corrected chi connectivity index (χ0v) is 16.1. The van der Waals surface area contributed by atoms with Gasteiger partial charge in [-0.1, -0.05) is 0 Å². The van der Waals surface area contributed by atoms with Crippen molar-refractivity contribution in [1.29, 1.82) is 5.26 Å². The summed E-state index contributed by atoms with van der Waals surface area (Å²) in [5.41, 5.74) is 1.59. The number of nitriles is 1. The molecule has 1 N–H and O–H groups in total. The van der Waals surface area contributed by atoms with Crippen LogP contribution in [-0.2, 0) is 15.6 Å². The zero-order chi connectivity index (χ0) is 19.7. The third-order valence-corrected chi connectivity index (χ3v) is 6.59. The van der Waals surface area contributed by atoms with Crippen LogP contribution in [0.15, 0.2) is 34.6 Å². The molecule has 1 aliphatic heterocycles. The highest BCUT2D eigenvalue weighted by Gasteiger charge is 2.49. The van der Waals surface area contributed by atoms with Gasteiger partial charge in [0.25, 0.3) is 0 Å². The van der Waals surface area contributed by atoms with Gasteiger partial charge in [-0.3, -0.25) is 9.67 Å². The second kappa shape index (κ2) is 7.09. The van der Waals surface area contributed by atoms with E-state index in [2.05, 4.69) is 32.9 Å². The van der Waals surface area contributed by atoms with Crippen molar-refractivity contribution in [3.8, 4) is 6.07 Å². The fourth-order valence-electron chi connectivity index (χ4n) is 3.27. The van der Waals surface area contributed by atoms with Gasteiger partial charge in [-0.25, -0.2) is 13.4 Å². The summed E-state index contributed by atoms with van der Waals surface area (Å²) >= 11 is 0. The van der Waals surface area contributed by atoms with Gasteiger partial charge in [0.2, 0.25) is 10.0 Å². The van der Waals surface area contributed by atoms with Crippen LogP contribution in [0.25, 0.3) is 0 Å². The Labute approximate surface area is 158 Å². The summed E-state index contributed by atoms with van der Waals surface area (Å²) in [7, 11) is -1.60. The Balaban J connectivity index is 1.92. The van der Waals surface area contributed by atoms with Gasteiger partial charge < -0.3 is 4.98 Å². The lowest BCUT2D eigenvalue weighted by atomic mass is 9.89. The molecule has 0 radical (unpaired) electrons. The van der Waals surface area contributed by atoms with Crippen LogP contribution in [0.1, 0.15) is 24.5 Å². The van der Waals surface area contributed by atoms with E-state index in [1.54, 1.807) is 37.2 Å². The summed E-state index contributed by atoms with van der Waals surface area (Å²) in [5, 5.41) is 13.7. The van der Waals surface area contributed by atoms with Crippen LogP contribution in [0, 0.1) is 11.3 Å². The molecule has 27 heavy (non-hydrogen) atoms. The number of sulfonamides is 1. The number of rotatable bonds is 7. The molecule has 3 heterocycles. The van der Waals surface area contributed by atoms with Gasteiger partial charge in [0.05, 0.1) is 30.2 Å². The van der Waals surface area contributed by atoms with Gasteiger partial charge >= 0.3 is 0 Å². The number of aliphatic imine (C=N–C) groups is 2. The molecular weight excluding hydrogens is 366 g/mol. The molecule has 0 spiro atoms. The van der Waals surface area contributed by atoms with Crippen molar-refractivity contribution in [3.63, 3.8) is 0 Å². The van der Waals surface area contributed by atoms with Gasteiger partial charge in [0, 0.05) is 43.7 Å². The molecule has 1 aliphatic rings.